The van der Waals surface area contributed by atoms with Gasteiger partial charge in [-0.15, -0.1) is 0 Å². The molecule has 0 aliphatic rings. The summed E-state index contributed by atoms with van der Waals surface area (Å²) in [4.78, 5) is 17.7. The highest BCUT2D eigenvalue weighted by atomic mass is 16.5. The third-order valence-corrected chi connectivity index (χ3v) is 4.83. The lowest BCUT2D eigenvalue weighted by molar-refractivity contribution is 0.266. The minimum absolute atomic E-state index is 0.0542. The zero-order valence-electron chi connectivity index (χ0n) is 15.4. The number of nitrogens with one attached hydrogen (secondary N) is 1. The Hall–Kier alpha value is -3.45. The van der Waals surface area contributed by atoms with Crippen molar-refractivity contribution >= 4 is 10.9 Å². The molecule has 1 atom stereocenters. The van der Waals surface area contributed by atoms with Crippen LogP contribution < -0.4 is 10.3 Å². The number of H-pyrrole nitrogens is 1. The Morgan fingerprint density at radius 1 is 1.21 bits per heavy atom. The SMILES string of the molecule is COc1cccc(C(CCO)n2cnc3ccc(-c4cn[nH]c4)cc3c2=O)c1. The normalized spacial score (nSPS) is 12.2. The summed E-state index contributed by atoms with van der Waals surface area (Å²) < 4.78 is 6.88. The van der Waals surface area contributed by atoms with Gasteiger partial charge in [0, 0.05) is 18.4 Å². The maximum Gasteiger partial charge on any atom is 0.261 e. The van der Waals surface area contributed by atoms with Crippen molar-refractivity contribution in [2.24, 2.45) is 0 Å². The van der Waals surface area contributed by atoms with Crippen molar-refractivity contribution in [3.05, 3.63) is 77.1 Å². The van der Waals surface area contributed by atoms with Crippen LogP contribution in [0.3, 0.4) is 0 Å². The first-order chi connectivity index (χ1) is 13.7. The smallest absolute Gasteiger partial charge is 0.261 e. The maximum absolute atomic E-state index is 13.3. The number of hydrogen-bond donors (Lipinski definition) is 2. The molecule has 2 aromatic carbocycles. The molecular formula is C21H20N4O3. The number of methoxy groups -OCH3 is 1. The Kier molecular flexibility index (Phi) is 4.90. The summed E-state index contributed by atoms with van der Waals surface area (Å²) in [6.45, 7) is -0.0542. The molecule has 0 bridgehead atoms. The number of aromatic amines is 1. The molecule has 0 spiro atoms. The first-order valence-corrected chi connectivity index (χ1v) is 8.96. The molecule has 0 aliphatic carbocycles. The van der Waals surface area contributed by atoms with Gasteiger partial charge in [0.1, 0.15) is 5.75 Å². The molecular weight excluding hydrogens is 356 g/mol. The summed E-state index contributed by atoms with van der Waals surface area (Å²) in [6.07, 6.45) is 5.42. The average molecular weight is 376 g/mol. The summed E-state index contributed by atoms with van der Waals surface area (Å²) in [7, 11) is 1.60. The zero-order valence-corrected chi connectivity index (χ0v) is 15.4. The van der Waals surface area contributed by atoms with E-state index < -0.39 is 0 Å². The predicted molar refractivity (Wildman–Crippen MR) is 106 cm³/mol. The topological polar surface area (TPSA) is 93.0 Å². The second-order valence-corrected chi connectivity index (χ2v) is 6.48. The van der Waals surface area contributed by atoms with Gasteiger partial charge in [0.25, 0.3) is 5.56 Å². The van der Waals surface area contributed by atoms with Crippen molar-refractivity contribution in [2.45, 2.75) is 12.5 Å². The third-order valence-electron chi connectivity index (χ3n) is 4.83. The second-order valence-electron chi connectivity index (χ2n) is 6.48. The Bertz CT molecular complexity index is 1150. The fourth-order valence-electron chi connectivity index (χ4n) is 3.38. The highest BCUT2D eigenvalue weighted by Gasteiger charge is 2.17. The molecule has 2 aromatic heterocycles. The molecule has 0 aliphatic heterocycles. The van der Waals surface area contributed by atoms with Gasteiger partial charge in [0.2, 0.25) is 0 Å². The first kappa shape index (κ1) is 17.9. The van der Waals surface area contributed by atoms with Crippen LogP contribution in [0.15, 0.2) is 66.0 Å². The standard InChI is InChI=1S/C21H20N4O3/c1-28-17-4-2-3-15(9-17)20(7-8-26)25-13-22-19-6-5-14(10-18(19)21(25)27)16-11-23-24-12-16/h2-6,9-13,20,26H,7-8H2,1H3,(H,23,24). The number of aromatic nitrogens is 4. The number of fused-ring (bicyclic) bond motifs is 1. The summed E-state index contributed by atoms with van der Waals surface area (Å²) in [6, 6.07) is 12.7. The molecule has 142 valence electrons. The van der Waals surface area contributed by atoms with Gasteiger partial charge in [-0.1, -0.05) is 18.2 Å². The number of aliphatic hydroxyl groups excluding tert-OH is 1. The number of benzene rings is 2. The number of hydrogen-bond acceptors (Lipinski definition) is 5. The van der Waals surface area contributed by atoms with Crippen LogP contribution >= 0.6 is 0 Å². The predicted octanol–water partition coefficient (Wildman–Crippen LogP) is 2.77. The van der Waals surface area contributed by atoms with E-state index in [2.05, 4.69) is 15.2 Å². The molecule has 0 saturated heterocycles. The molecule has 7 nitrogen and oxygen atoms in total. The lowest BCUT2D eigenvalue weighted by Gasteiger charge is -2.20. The minimum atomic E-state index is -0.345. The molecule has 0 amide bonds. The van der Waals surface area contributed by atoms with E-state index in [-0.39, 0.29) is 18.2 Å². The van der Waals surface area contributed by atoms with Crippen LogP contribution in [0.25, 0.3) is 22.0 Å². The van der Waals surface area contributed by atoms with Gasteiger partial charge in [-0.25, -0.2) is 4.98 Å². The van der Waals surface area contributed by atoms with Crippen molar-refractivity contribution in [1.82, 2.24) is 19.7 Å². The molecule has 1 unspecified atom stereocenters. The fourth-order valence-corrected chi connectivity index (χ4v) is 3.38. The number of ether oxygens (including phenoxy) is 1. The molecule has 4 rings (SSSR count). The van der Waals surface area contributed by atoms with E-state index in [1.54, 1.807) is 30.4 Å². The van der Waals surface area contributed by atoms with Crippen LogP contribution in [0.4, 0.5) is 0 Å². The Labute approximate surface area is 161 Å². The van der Waals surface area contributed by atoms with E-state index in [1.165, 1.54) is 0 Å². The van der Waals surface area contributed by atoms with Gasteiger partial charge in [0.15, 0.2) is 0 Å². The molecule has 7 heteroatoms. The van der Waals surface area contributed by atoms with Crippen molar-refractivity contribution < 1.29 is 9.84 Å². The lowest BCUT2D eigenvalue weighted by atomic mass is 10.0. The van der Waals surface area contributed by atoms with Crippen LogP contribution in [-0.4, -0.2) is 38.6 Å². The van der Waals surface area contributed by atoms with E-state index >= 15 is 0 Å². The van der Waals surface area contributed by atoms with Crippen molar-refractivity contribution in [1.29, 1.82) is 0 Å². The monoisotopic (exact) mass is 376 g/mol. The quantitative estimate of drug-likeness (QED) is 0.540. The first-order valence-electron chi connectivity index (χ1n) is 8.96. The van der Waals surface area contributed by atoms with Crippen LogP contribution in [0.2, 0.25) is 0 Å². The number of rotatable bonds is 6. The molecule has 4 aromatic rings. The molecule has 0 fully saturated rings. The van der Waals surface area contributed by atoms with Crippen molar-refractivity contribution in [2.75, 3.05) is 13.7 Å². The zero-order chi connectivity index (χ0) is 19.5. The van der Waals surface area contributed by atoms with Crippen molar-refractivity contribution in [3.8, 4) is 16.9 Å². The van der Waals surface area contributed by atoms with Crippen LogP contribution in [-0.2, 0) is 0 Å². The highest BCUT2D eigenvalue weighted by molar-refractivity contribution is 5.83. The average Bonchev–Trinajstić information content (AvgIpc) is 3.27. The summed E-state index contributed by atoms with van der Waals surface area (Å²) in [5.74, 6) is 0.699. The minimum Gasteiger partial charge on any atom is -0.497 e. The van der Waals surface area contributed by atoms with Gasteiger partial charge >= 0.3 is 0 Å². The highest BCUT2D eigenvalue weighted by Crippen LogP contribution is 2.26. The van der Waals surface area contributed by atoms with Gasteiger partial charge in [-0.3, -0.25) is 14.5 Å². The van der Waals surface area contributed by atoms with E-state index in [0.717, 1.165) is 16.7 Å². The molecule has 28 heavy (non-hydrogen) atoms. The lowest BCUT2D eigenvalue weighted by Crippen LogP contribution is -2.26. The van der Waals surface area contributed by atoms with Crippen molar-refractivity contribution in [3.63, 3.8) is 0 Å². The maximum atomic E-state index is 13.3. The van der Waals surface area contributed by atoms with Gasteiger partial charge in [0.05, 0.1) is 36.6 Å². The summed E-state index contributed by atoms with van der Waals surface area (Å²) >= 11 is 0. The van der Waals surface area contributed by atoms with E-state index in [4.69, 9.17) is 4.74 Å². The number of nitrogens with zero attached hydrogens (tertiary/aromatic N) is 3. The van der Waals surface area contributed by atoms with Gasteiger partial charge in [-0.05, 0) is 41.8 Å². The second kappa shape index (κ2) is 7.66. The van der Waals surface area contributed by atoms with E-state index in [1.807, 2.05) is 42.5 Å². The van der Waals surface area contributed by atoms with Crippen LogP contribution in [0.1, 0.15) is 18.0 Å². The van der Waals surface area contributed by atoms with Gasteiger partial charge < -0.3 is 9.84 Å². The van der Waals surface area contributed by atoms with Gasteiger partial charge in [-0.2, -0.15) is 5.10 Å². The Balaban J connectivity index is 1.85. The molecule has 0 saturated carbocycles. The fraction of sp³-hybridized carbons (Fsp3) is 0.190. The number of aliphatic hydroxyl groups is 1. The molecule has 2 N–H and O–H groups in total. The van der Waals surface area contributed by atoms with Crippen LogP contribution in [0, 0.1) is 0 Å². The largest absolute Gasteiger partial charge is 0.497 e. The molecule has 0 radical (unpaired) electrons. The Morgan fingerprint density at radius 2 is 2.11 bits per heavy atom. The van der Waals surface area contributed by atoms with E-state index in [9.17, 15) is 9.90 Å². The Morgan fingerprint density at radius 3 is 2.86 bits per heavy atom. The summed E-state index contributed by atoms with van der Waals surface area (Å²) in [5.41, 5.74) is 3.13. The molecule has 2 heterocycles. The van der Waals surface area contributed by atoms with Crippen LogP contribution in [0.5, 0.6) is 5.75 Å². The van der Waals surface area contributed by atoms with E-state index in [0.29, 0.717) is 23.1 Å². The third kappa shape index (κ3) is 3.27. The summed E-state index contributed by atoms with van der Waals surface area (Å²) in [5, 5.41) is 16.8.